The van der Waals surface area contributed by atoms with Gasteiger partial charge in [0, 0.05) is 23.9 Å². The third-order valence-electron chi connectivity index (χ3n) is 3.58. The van der Waals surface area contributed by atoms with Crippen LogP contribution < -0.4 is 15.4 Å². The Hall–Kier alpha value is -2.82. The summed E-state index contributed by atoms with van der Waals surface area (Å²) in [6.07, 6.45) is 0. The van der Waals surface area contributed by atoms with Crippen LogP contribution in [0.4, 0.5) is 11.4 Å². The maximum atomic E-state index is 12.4. The molecule has 2 aromatic carbocycles. The van der Waals surface area contributed by atoms with Crippen LogP contribution in [0.15, 0.2) is 42.5 Å². The lowest BCUT2D eigenvalue weighted by Crippen LogP contribution is -2.13. The van der Waals surface area contributed by atoms with Gasteiger partial charge in [0.15, 0.2) is 0 Å². The van der Waals surface area contributed by atoms with E-state index in [0.29, 0.717) is 16.9 Å². The van der Waals surface area contributed by atoms with Crippen molar-refractivity contribution < 1.29 is 14.3 Å². The quantitative estimate of drug-likeness (QED) is 0.871. The number of nitrogens with one attached hydrogen (secondary N) is 2. The molecule has 0 radical (unpaired) electrons. The molecule has 0 bridgehead atoms. The van der Waals surface area contributed by atoms with Crippen LogP contribution in [0.25, 0.3) is 0 Å². The van der Waals surface area contributed by atoms with Gasteiger partial charge in [-0.25, -0.2) is 0 Å². The molecule has 2 amide bonds. The van der Waals surface area contributed by atoms with Crippen molar-refractivity contribution in [2.24, 2.45) is 0 Å². The molecular formula is C19H22N2O3. The number of benzene rings is 2. The van der Waals surface area contributed by atoms with E-state index < -0.39 is 0 Å². The summed E-state index contributed by atoms with van der Waals surface area (Å²) >= 11 is 0. The average molecular weight is 326 g/mol. The standard InChI is InChI=1S/C19H22N2O3/c1-12(2)17-11-14(5-10-18(17)24-4)19(23)21-16-8-6-15(7-9-16)20-13(3)22/h5-12H,1-4H3,(H,20,22)(H,21,23). The number of anilines is 2. The van der Waals surface area contributed by atoms with E-state index in [9.17, 15) is 9.59 Å². The smallest absolute Gasteiger partial charge is 0.255 e. The van der Waals surface area contributed by atoms with Gasteiger partial charge in [0.05, 0.1) is 7.11 Å². The summed E-state index contributed by atoms with van der Waals surface area (Å²) < 4.78 is 5.34. The molecule has 0 spiro atoms. The summed E-state index contributed by atoms with van der Waals surface area (Å²) in [5, 5.41) is 5.53. The van der Waals surface area contributed by atoms with Gasteiger partial charge in [0.25, 0.3) is 5.91 Å². The maximum Gasteiger partial charge on any atom is 0.255 e. The summed E-state index contributed by atoms with van der Waals surface area (Å²) in [6, 6.07) is 12.4. The van der Waals surface area contributed by atoms with Crippen LogP contribution in [0.3, 0.4) is 0 Å². The Morgan fingerprint density at radius 2 is 1.54 bits per heavy atom. The van der Waals surface area contributed by atoms with Gasteiger partial charge < -0.3 is 15.4 Å². The summed E-state index contributed by atoms with van der Waals surface area (Å²) in [4.78, 5) is 23.4. The van der Waals surface area contributed by atoms with Gasteiger partial charge in [0.2, 0.25) is 5.91 Å². The Morgan fingerprint density at radius 3 is 2.04 bits per heavy atom. The minimum absolute atomic E-state index is 0.133. The molecule has 0 aliphatic carbocycles. The van der Waals surface area contributed by atoms with E-state index >= 15 is 0 Å². The summed E-state index contributed by atoms with van der Waals surface area (Å²) in [5.41, 5.74) is 2.92. The molecule has 0 aliphatic rings. The van der Waals surface area contributed by atoms with Crippen LogP contribution in [0, 0.1) is 0 Å². The molecule has 0 saturated heterocycles. The van der Waals surface area contributed by atoms with Crippen LogP contribution in [0.2, 0.25) is 0 Å². The van der Waals surface area contributed by atoms with Crippen LogP contribution in [0.5, 0.6) is 5.75 Å². The monoisotopic (exact) mass is 326 g/mol. The number of hydrogen-bond donors (Lipinski definition) is 2. The molecular weight excluding hydrogens is 304 g/mol. The van der Waals surface area contributed by atoms with Crippen LogP contribution in [-0.4, -0.2) is 18.9 Å². The second kappa shape index (κ2) is 7.64. The highest BCUT2D eigenvalue weighted by atomic mass is 16.5. The van der Waals surface area contributed by atoms with Crippen molar-refractivity contribution in [1.82, 2.24) is 0 Å². The zero-order valence-corrected chi connectivity index (χ0v) is 14.3. The second-order valence-electron chi connectivity index (χ2n) is 5.82. The Bertz CT molecular complexity index is 737. The number of ether oxygens (including phenoxy) is 1. The van der Waals surface area contributed by atoms with E-state index in [2.05, 4.69) is 24.5 Å². The molecule has 2 rings (SSSR count). The summed E-state index contributed by atoms with van der Waals surface area (Å²) in [6.45, 7) is 5.56. The fourth-order valence-corrected chi connectivity index (χ4v) is 2.37. The van der Waals surface area contributed by atoms with Gasteiger partial charge in [-0.2, -0.15) is 0 Å². The fraction of sp³-hybridized carbons (Fsp3) is 0.263. The number of rotatable bonds is 5. The first-order valence-corrected chi connectivity index (χ1v) is 7.77. The first-order chi connectivity index (χ1) is 11.4. The minimum atomic E-state index is -0.188. The van der Waals surface area contributed by atoms with E-state index in [0.717, 1.165) is 11.3 Å². The van der Waals surface area contributed by atoms with Gasteiger partial charge in [-0.1, -0.05) is 13.8 Å². The predicted octanol–water partition coefficient (Wildman–Crippen LogP) is 4.03. The van der Waals surface area contributed by atoms with Gasteiger partial charge in [0.1, 0.15) is 5.75 Å². The first kappa shape index (κ1) is 17.5. The van der Waals surface area contributed by atoms with Crippen LogP contribution in [-0.2, 0) is 4.79 Å². The van der Waals surface area contributed by atoms with Crippen LogP contribution >= 0.6 is 0 Å². The SMILES string of the molecule is COc1ccc(C(=O)Nc2ccc(NC(C)=O)cc2)cc1C(C)C. The number of carbonyl (C=O) groups excluding carboxylic acids is 2. The topological polar surface area (TPSA) is 67.4 Å². The van der Waals surface area contributed by atoms with E-state index in [4.69, 9.17) is 4.74 Å². The van der Waals surface area contributed by atoms with Gasteiger partial charge >= 0.3 is 0 Å². The molecule has 2 N–H and O–H groups in total. The van der Waals surface area contributed by atoms with E-state index in [-0.39, 0.29) is 17.7 Å². The van der Waals surface area contributed by atoms with Crippen molar-refractivity contribution in [1.29, 1.82) is 0 Å². The van der Waals surface area contributed by atoms with Crippen molar-refractivity contribution in [2.45, 2.75) is 26.7 Å². The molecule has 0 atom stereocenters. The molecule has 0 fully saturated rings. The van der Waals surface area contributed by atoms with Crippen molar-refractivity contribution in [3.8, 4) is 5.75 Å². The number of methoxy groups -OCH3 is 1. The second-order valence-corrected chi connectivity index (χ2v) is 5.82. The van der Waals surface area contributed by atoms with Crippen molar-refractivity contribution >= 4 is 23.2 Å². The average Bonchev–Trinajstić information content (AvgIpc) is 2.55. The molecule has 5 nitrogen and oxygen atoms in total. The number of amides is 2. The zero-order valence-electron chi connectivity index (χ0n) is 14.3. The number of hydrogen-bond acceptors (Lipinski definition) is 3. The number of carbonyl (C=O) groups is 2. The highest BCUT2D eigenvalue weighted by Gasteiger charge is 2.13. The third kappa shape index (κ3) is 4.35. The largest absolute Gasteiger partial charge is 0.496 e. The predicted molar refractivity (Wildman–Crippen MR) is 95.8 cm³/mol. The lowest BCUT2D eigenvalue weighted by atomic mass is 9.99. The summed E-state index contributed by atoms with van der Waals surface area (Å²) in [7, 11) is 1.62. The van der Waals surface area contributed by atoms with E-state index in [1.54, 1.807) is 37.4 Å². The molecule has 0 aliphatic heterocycles. The Balaban J connectivity index is 2.14. The highest BCUT2D eigenvalue weighted by Crippen LogP contribution is 2.27. The summed E-state index contributed by atoms with van der Waals surface area (Å²) in [5.74, 6) is 0.712. The zero-order chi connectivity index (χ0) is 17.7. The Kier molecular flexibility index (Phi) is 5.58. The molecule has 0 aromatic heterocycles. The third-order valence-corrected chi connectivity index (χ3v) is 3.58. The molecule has 126 valence electrons. The molecule has 24 heavy (non-hydrogen) atoms. The fourth-order valence-electron chi connectivity index (χ4n) is 2.37. The van der Waals surface area contributed by atoms with E-state index in [1.807, 2.05) is 12.1 Å². The Labute approximate surface area is 142 Å². The molecule has 0 unspecified atom stereocenters. The molecule has 5 heteroatoms. The van der Waals surface area contributed by atoms with Gasteiger partial charge in [-0.05, 0) is 53.9 Å². The molecule has 0 heterocycles. The van der Waals surface area contributed by atoms with Gasteiger partial charge in [-0.15, -0.1) is 0 Å². The Morgan fingerprint density at radius 1 is 0.958 bits per heavy atom. The van der Waals surface area contributed by atoms with Crippen molar-refractivity contribution in [3.05, 3.63) is 53.6 Å². The molecule has 0 saturated carbocycles. The normalized spacial score (nSPS) is 10.4. The highest BCUT2D eigenvalue weighted by molar-refractivity contribution is 6.04. The first-order valence-electron chi connectivity index (χ1n) is 7.77. The van der Waals surface area contributed by atoms with E-state index in [1.165, 1.54) is 6.92 Å². The minimum Gasteiger partial charge on any atom is -0.496 e. The lowest BCUT2D eigenvalue weighted by molar-refractivity contribution is -0.114. The molecule has 2 aromatic rings. The van der Waals surface area contributed by atoms with Crippen molar-refractivity contribution in [2.75, 3.05) is 17.7 Å². The van der Waals surface area contributed by atoms with Crippen LogP contribution in [0.1, 0.15) is 42.6 Å². The maximum absolute atomic E-state index is 12.4. The lowest BCUT2D eigenvalue weighted by Gasteiger charge is -2.13. The van der Waals surface area contributed by atoms with Crippen molar-refractivity contribution in [3.63, 3.8) is 0 Å². The van der Waals surface area contributed by atoms with Gasteiger partial charge in [-0.3, -0.25) is 9.59 Å².